The van der Waals surface area contributed by atoms with E-state index in [4.69, 9.17) is 28.3 Å². The number of hydrogen-bond acceptors (Lipinski definition) is 12. The number of alkyl carbamates (subject to hydrolysis) is 4. The fourth-order valence-corrected chi connectivity index (χ4v) is 14.7. The Balaban J connectivity index is 0.000000200. The largest absolute Gasteiger partial charge is 0.494 e. The lowest BCUT2D eigenvalue weighted by molar-refractivity contribution is 0.00578. The van der Waals surface area contributed by atoms with Crippen LogP contribution in [-0.2, 0) is 53.9 Å². The number of carbonyl (C=O) groups excluding carboxylic acids is 4. The highest BCUT2D eigenvalue weighted by molar-refractivity contribution is 9.11. The van der Waals surface area contributed by atoms with E-state index in [0.29, 0.717) is 26.2 Å². The summed E-state index contributed by atoms with van der Waals surface area (Å²) in [7, 11) is -0.347. The second-order valence-electron chi connectivity index (χ2n) is 31.4. The average molecular weight is 1670 g/mol. The number of hydrogen-bond donors (Lipinski definition) is 4. The highest BCUT2D eigenvalue weighted by atomic mass is 79.9. The third-order valence-corrected chi connectivity index (χ3v) is 20.8. The second kappa shape index (κ2) is 37.7. The van der Waals surface area contributed by atoms with Crippen molar-refractivity contribution in [1.29, 1.82) is 0 Å². The van der Waals surface area contributed by atoms with Crippen molar-refractivity contribution in [2.24, 2.45) is 0 Å². The number of amides is 4. The number of benzene rings is 8. The van der Waals surface area contributed by atoms with Gasteiger partial charge in [-0.05, 0) is 285 Å². The molecule has 0 spiro atoms. The molecule has 20 heteroatoms. The third-order valence-electron chi connectivity index (χ3n) is 17.0. The van der Waals surface area contributed by atoms with Crippen molar-refractivity contribution in [2.45, 2.75) is 196 Å². The van der Waals surface area contributed by atoms with E-state index in [1.165, 1.54) is 84.9 Å². The molecule has 0 radical (unpaired) electrons. The molecule has 0 bridgehead atoms. The van der Waals surface area contributed by atoms with Gasteiger partial charge in [-0.3, -0.25) is 0 Å². The average Bonchev–Trinajstić information content (AvgIpc) is 1.63. The van der Waals surface area contributed by atoms with Gasteiger partial charge in [0.25, 0.3) is 0 Å². The summed E-state index contributed by atoms with van der Waals surface area (Å²) in [6, 6.07) is 60.2. The molecule has 1 aliphatic heterocycles. The van der Waals surface area contributed by atoms with Crippen LogP contribution >= 0.6 is 70.5 Å². The number of halogens is 3. The van der Waals surface area contributed by atoms with Gasteiger partial charge >= 0.3 is 31.5 Å². The molecule has 1 aliphatic rings. The first kappa shape index (κ1) is 84.3. The van der Waals surface area contributed by atoms with Gasteiger partial charge in [-0.2, -0.15) is 0 Å². The van der Waals surface area contributed by atoms with Gasteiger partial charge in [0.2, 0.25) is 0 Å². The summed E-state index contributed by atoms with van der Waals surface area (Å²) in [5, 5.41) is 16.4. The zero-order valence-electron chi connectivity index (χ0n) is 64.3. The summed E-state index contributed by atoms with van der Waals surface area (Å²) in [6.07, 6.45) is 5.49. The lowest BCUT2D eigenvalue weighted by Crippen LogP contribution is -2.41. The van der Waals surface area contributed by atoms with Crippen molar-refractivity contribution in [3.63, 3.8) is 0 Å². The molecule has 8 aromatic carbocycles. The first-order chi connectivity index (χ1) is 49.8. The molecule has 3 heterocycles. The Hall–Kier alpha value is -7.30. The van der Waals surface area contributed by atoms with Gasteiger partial charge < -0.3 is 49.5 Å². The van der Waals surface area contributed by atoms with Crippen LogP contribution in [0.5, 0.6) is 0 Å². The van der Waals surface area contributed by atoms with E-state index in [9.17, 15) is 19.2 Å². The number of thiophene rings is 2. The van der Waals surface area contributed by atoms with Crippen LogP contribution in [0.1, 0.15) is 159 Å². The van der Waals surface area contributed by atoms with E-state index in [2.05, 4.69) is 242 Å². The third kappa shape index (κ3) is 27.4. The van der Waals surface area contributed by atoms with Gasteiger partial charge in [0.15, 0.2) is 0 Å². The van der Waals surface area contributed by atoms with Crippen LogP contribution in [0.4, 0.5) is 19.2 Å². The minimum absolute atomic E-state index is 0.342. The van der Waals surface area contributed by atoms with Crippen LogP contribution in [-0.4, -0.2) is 91.3 Å². The molecule has 11 rings (SSSR count). The van der Waals surface area contributed by atoms with Crippen molar-refractivity contribution in [1.82, 2.24) is 21.3 Å². The molecule has 4 amide bonds. The first-order valence-corrected chi connectivity index (χ1v) is 40.3. The van der Waals surface area contributed by atoms with Crippen LogP contribution < -0.4 is 26.7 Å². The molecule has 14 nitrogen and oxygen atoms in total. The number of aryl methyl sites for hydroxylation is 4. The molecule has 1 saturated heterocycles. The highest BCUT2D eigenvalue weighted by Gasteiger charge is 2.51. The SMILES string of the molecule is Brc1ccc2sc3ccc(Br)cc3c2c1.CC(C)(C)OC(=O)NCCCc1cccc(-c2ccc3sc4ccc(-c5cccc(CCCNC(=O)OC(C)(C)C)c5)cc4c3c2)c1.CC(C)(C)OC(=O)NCCCc1cccc(B2OC(C)(C)C(C)(C)O2)c1.CC(C)(C)OC(=O)NCCCc1cccc(Br)c1. The van der Waals surface area contributed by atoms with Gasteiger partial charge in [0.1, 0.15) is 22.4 Å². The summed E-state index contributed by atoms with van der Waals surface area (Å²) < 4.78 is 41.9. The predicted octanol–water partition coefficient (Wildman–Crippen LogP) is 23.2. The summed E-state index contributed by atoms with van der Waals surface area (Å²) in [5.74, 6) is 0. The van der Waals surface area contributed by atoms with Crippen molar-refractivity contribution in [3.05, 3.63) is 206 Å². The molecule has 564 valence electrons. The predicted molar refractivity (Wildman–Crippen MR) is 451 cm³/mol. The minimum atomic E-state index is -0.496. The maximum absolute atomic E-state index is 12.0. The molecule has 0 aliphatic carbocycles. The molecule has 0 unspecified atom stereocenters. The molecule has 106 heavy (non-hydrogen) atoms. The molecule has 1 fully saturated rings. The van der Waals surface area contributed by atoms with Gasteiger partial charge in [-0.25, -0.2) is 19.2 Å². The Morgan fingerprint density at radius 3 is 0.981 bits per heavy atom. The summed E-state index contributed by atoms with van der Waals surface area (Å²) in [4.78, 5) is 46.9. The van der Waals surface area contributed by atoms with Crippen LogP contribution in [0.15, 0.2) is 183 Å². The van der Waals surface area contributed by atoms with E-state index in [1.54, 1.807) is 0 Å². The number of carbonyl (C=O) groups is 4. The molecule has 10 aromatic rings. The van der Waals surface area contributed by atoms with Crippen molar-refractivity contribution >= 4 is 148 Å². The Labute approximate surface area is 661 Å². The maximum Gasteiger partial charge on any atom is 0.494 e. The smallest absolute Gasteiger partial charge is 0.444 e. The molecule has 4 N–H and O–H groups in total. The van der Waals surface area contributed by atoms with Crippen LogP contribution in [0.25, 0.3) is 62.6 Å². The summed E-state index contributed by atoms with van der Waals surface area (Å²) >= 11 is 14.1. The van der Waals surface area contributed by atoms with Gasteiger partial charge in [0, 0.05) is 79.9 Å². The van der Waals surface area contributed by atoms with E-state index >= 15 is 0 Å². The Bertz CT molecular complexity index is 4420. The summed E-state index contributed by atoms with van der Waals surface area (Å²) in [6.45, 7) is 32.9. The van der Waals surface area contributed by atoms with E-state index < -0.39 is 22.4 Å². The van der Waals surface area contributed by atoms with E-state index in [1.807, 2.05) is 130 Å². The Morgan fingerprint density at radius 2 is 0.642 bits per heavy atom. The molecule has 0 saturated carbocycles. The van der Waals surface area contributed by atoms with E-state index in [0.717, 1.165) is 70.2 Å². The first-order valence-electron chi connectivity index (χ1n) is 36.3. The lowest BCUT2D eigenvalue weighted by atomic mass is 9.78. The highest BCUT2D eigenvalue weighted by Crippen LogP contribution is 2.41. The van der Waals surface area contributed by atoms with Crippen LogP contribution in [0, 0.1) is 0 Å². The quantitative estimate of drug-likeness (QED) is 0.0347. The van der Waals surface area contributed by atoms with Crippen LogP contribution in [0.3, 0.4) is 0 Å². The second-order valence-corrected chi connectivity index (χ2v) is 36.3. The summed E-state index contributed by atoms with van der Waals surface area (Å²) in [5.41, 5.74) is 8.15. The molecule has 0 atom stereocenters. The minimum Gasteiger partial charge on any atom is -0.444 e. The van der Waals surface area contributed by atoms with Gasteiger partial charge in [0.05, 0.1) is 11.2 Å². The zero-order chi connectivity index (χ0) is 77.2. The topological polar surface area (TPSA) is 172 Å². The Kier molecular flexibility index (Phi) is 30.0. The normalized spacial score (nSPS) is 13.3. The van der Waals surface area contributed by atoms with E-state index in [-0.39, 0.29) is 42.7 Å². The Morgan fingerprint density at radius 1 is 0.358 bits per heavy atom. The van der Waals surface area contributed by atoms with Gasteiger partial charge in [-0.1, -0.05) is 145 Å². The standard InChI is InChI=1S/C40H46N2O4S.C20H32BNO4.C14H20BrNO2.C12H6Br2S/c1-39(2,3)45-37(43)41-21-9-13-27-11-7-15-29(23-27)31-17-19-35-33(25-31)34-26-32(18-20-36(34)47-35)30-16-8-12-28(24-30)14-10-22-42-38(44)46-40(4,5)6;1-18(2,3)24-17(23)22-13-9-11-15-10-8-12-16(14-15)21-25-19(4,5)20(6,7)26-21;1-14(2,3)18-13(17)16-9-5-7-11-6-4-8-12(15)10-11;13-7-1-3-11-9(5-7)10-6-8(14)2-4-12(10)15-11/h7-8,11-12,15-20,23-26H,9-10,13-14,21-22H2,1-6H3,(H,41,43)(H,42,44);8,10,12,14H,9,11,13H2,1-7H3,(H,22,23);4,6,8,10H,5,7,9H2,1-3H3,(H,16,17);1-6H. The number of rotatable bonds is 19. The zero-order valence-corrected chi connectivity index (χ0v) is 70.7. The molecule has 2 aromatic heterocycles. The fourth-order valence-electron chi connectivity index (χ4n) is 11.4. The number of nitrogens with one attached hydrogen (secondary N) is 4. The fraction of sp³-hybridized carbons (Fsp3) is 0.395. The lowest BCUT2D eigenvalue weighted by Gasteiger charge is -2.32. The van der Waals surface area contributed by atoms with Crippen molar-refractivity contribution in [3.8, 4) is 22.3 Å². The van der Waals surface area contributed by atoms with Crippen molar-refractivity contribution in [2.75, 3.05) is 26.2 Å². The van der Waals surface area contributed by atoms with Crippen molar-refractivity contribution < 1.29 is 47.4 Å². The molecular formula is C86H104BBr3N4O10S2. The maximum atomic E-state index is 12.0. The molecular weight excluding hydrogens is 1560 g/mol. The number of fused-ring (bicyclic) bond motifs is 6. The monoisotopic (exact) mass is 1660 g/mol. The number of ether oxygens (including phenoxy) is 4. The van der Waals surface area contributed by atoms with Gasteiger partial charge in [-0.15, -0.1) is 22.7 Å². The van der Waals surface area contributed by atoms with Crippen LogP contribution in [0.2, 0.25) is 0 Å².